The van der Waals surface area contributed by atoms with E-state index in [0.717, 1.165) is 35.0 Å². The monoisotopic (exact) mass is 882 g/mol. The summed E-state index contributed by atoms with van der Waals surface area (Å²) in [4.78, 5) is -0.231. The molecule has 0 fully saturated rings. The van der Waals surface area contributed by atoms with Crippen molar-refractivity contribution in [1.29, 1.82) is 0 Å². The molecule has 0 saturated heterocycles. The maximum Gasteiger partial charge on any atom is 3.00 e. The zero-order valence-corrected chi connectivity index (χ0v) is 36.2. The van der Waals surface area contributed by atoms with Crippen LogP contribution in [0.15, 0.2) is 170 Å². The van der Waals surface area contributed by atoms with Crippen molar-refractivity contribution in [3.63, 3.8) is 0 Å². The average Bonchev–Trinajstić information content (AvgIpc) is 3.18. The molecule has 0 saturated carbocycles. The summed E-state index contributed by atoms with van der Waals surface area (Å²) in [6.07, 6.45) is 0. The molecule has 0 unspecified atom stereocenters. The zero-order chi connectivity index (χ0) is 40.7. The fourth-order valence-corrected chi connectivity index (χ4v) is 7.82. The number of para-hydroxylation sites is 1. The van der Waals surface area contributed by atoms with Gasteiger partial charge in [-0.15, -0.1) is 0 Å². The van der Waals surface area contributed by atoms with Gasteiger partial charge in [-0.25, -0.2) is 21.6 Å². The van der Waals surface area contributed by atoms with Gasteiger partial charge in [-0.2, -0.15) is 20.5 Å². The van der Waals surface area contributed by atoms with Crippen molar-refractivity contribution in [2.75, 3.05) is 4.72 Å². The van der Waals surface area contributed by atoms with Crippen LogP contribution in [0, 0.1) is 0 Å². The molecule has 0 amide bonds. The first-order valence-corrected chi connectivity index (χ1v) is 20.1. The van der Waals surface area contributed by atoms with E-state index in [1.54, 1.807) is 80.6 Å². The fourth-order valence-electron chi connectivity index (χ4n) is 5.47. The number of nitrogens with zero attached hydrogens (tertiary/aromatic N) is 4. The molecule has 7 aromatic carbocycles. The summed E-state index contributed by atoms with van der Waals surface area (Å²) in [5.41, 5.74) is 0.232. The molecule has 0 aliphatic carbocycles. The molecular formula is C41H32CoN6NaO8S2. The van der Waals surface area contributed by atoms with E-state index in [1.165, 1.54) is 24.3 Å². The number of nitrogens with one attached hydrogen (secondary N) is 2. The third kappa shape index (κ3) is 11.4. The van der Waals surface area contributed by atoms with Gasteiger partial charge in [0.25, 0.3) is 10.0 Å². The first-order chi connectivity index (χ1) is 27.2. The van der Waals surface area contributed by atoms with Gasteiger partial charge in [0.05, 0.1) is 32.5 Å². The third-order valence-corrected chi connectivity index (χ3v) is 11.2. The van der Waals surface area contributed by atoms with Crippen molar-refractivity contribution in [3.8, 4) is 23.0 Å². The molecule has 0 aromatic heterocycles. The van der Waals surface area contributed by atoms with Crippen LogP contribution in [-0.2, 0) is 36.8 Å². The largest absolute Gasteiger partial charge is 3.00 e. The van der Waals surface area contributed by atoms with Gasteiger partial charge in [-0.3, -0.25) is 4.72 Å². The Balaban J connectivity index is 0.000000253. The molecule has 296 valence electrons. The predicted molar refractivity (Wildman–Crippen MR) is 210 cm³/mol. The van der Waals surface area contributed by atoms with E-state index in [4.69, 9.17) is 0 Å². The molecule has 14 nitrogen and oxygen atoms in total. The Morgan fingerprint density at radius 1 is 0.492 bits per heavy atom. The van der Waals surface area contributed by atoms with Gasteiger partial charge < -0.3 is 20.4 Å². The maximum absolute atomic E-state index is 12.6. The van der Waals surface area contributed by atoms with Crippen LogP contribution >= 0.6 is 0 Å². The molecule has 0 aliphatic heterocycles. The van der Waals surface area contributed by atoms with Crippen molar-refractivity contribution < 1.29 is 83.6 Å². The maximum atomic E-state index is 12.6. The van der Waals surface area contributed by atoms with Crippen molar-refractivity contribution >= 4 is 70.0 Å². The minimum absolute atomic E-state index is 0. The van der Waals surface area contributed by atoms with Gasteiger partial charge in [0, 0.05) is 22.5 Å². The molecule has 2 N–H and O–H groups in total. The quantitative estimate of drug-likeness (QED) is 0.148. The minimum atomic E-state index is -3.93. The van der Waals surface area contributed by atoms with Crippen LogP contribution in [0.3, 0.4) is 0 Å². The van der Waals surface area contributed by atoms with E-state index in [9.17, 15) is 37.3 Å². The standard InChI is InChI=1S/C22H17N3O4S.C19H19N3O4S.Co.Na/c26-20-13-11-17(30(28,29)25-16-7-2-1-3-8-16)14-19(20)23-24-22-18-9-5-4-6-15(18)10-12-21(22)27;1-12(2)22-27(25,26)14-8-10-17(23)16(11-14)20-21-19-15-6-4-3-5-13(15)7-9-18(19)24;;/h1-14,25-27H;3-12,22-24H,1-2H3;;/q;;+3;+1/p-4. The smallest absolute Gasteiger partial charge is 0.871 e. The number of rotatable bonds is 10. The summed E-state index contributed by atoms with van der Waals surface area (Å²) >= 11 is 0. The molecule has 0 aliphatic rings. The number of azo groups is 2. The molecular weight excluding hydrogens is 851 g/mol. The van der Waals surface area contributed by atoms with Crippen molar-refractivity contribution in [3.05, 3.63) is 140 Å². The van der Waals surface area contributed by atoms with Gasteiger partial charge in [-0.05, 0) is 61.0 Å². The van der Waals surface area contributed by atoms with Crippen LogP contribution in [-0.4, -0.2) is 22.9 Å². The summed E-state index contributed by atoms with van der Waals surface area (Å²) in [5.74, 6) is -1.69. The van der Waals surface area contributed by atoms with Crippen LogP contribution in [0.4, 0.5) is 28.4 Å². The summed E-state index contributed by atoms with van der Waals surface area (Å²) in [5, 5.41) is 67.1. The summed E-state index contributed by atoms with van der Waals surface area (Å²) < 4.78 is 54.7. The van der Waals surface area contributed by atoms with Crippen LogP contribution in [0.2, 0.25) is 0 Å². The number of hydrogen-bond donors (Lipinski definition) is 2. The Labute approximate surface area is 373 Å². The molecule has 0 heterocycles. The number of hydrogen-bond acceptors (Lipinski definition) is 12. The number of sulfonamides is 2. The van der Waals surface area contributed by atoms with Crippen LogP contribution < -0.4 is 59.4 Å². The summed E-state index contributed by atoms with van der Waals surface area (Å²) in [6, 6.07) is 35.4. The van der Waals surface area contributed by atoms with Crippen LogP contribution in [0.5, 0.6) is 23.0 Å². The van der Waals surface area contributed by atoms with Crippen LogP contribution in [0.1, 0.15) is 13.8 Å². The third-order valence-electron chi connectivity index (χ3n) is 8.14. The van der Waals surface area contributed by atoms with E-state index < -0.39 is 31.5 Å². The van der Waals surface area contributed by atoms with Crippen molar-refractivity contribution in [1.82, 2.24) is 4.72 Å². The number of fused-ring (bicyclic) bond motifs is 2. The molecule has 18 heteroatoms. The minimum Gasteiger partial charge on any atom is -0.871 e. The van der Waals surface area contributed by atoms with Gasteiger partial charge in [-0.1, -0.05) is 126 Å². The van der Waals surface area contributed by atoms with Gasteiger partial charge in [0.1, 0.15) is 0 Å². The van der Waals surface area contributed by atoms with Crippen molar-refractivity contribution in [2.45, 2.75) is 29.7 Å². The SMILES string of the molecule is CC(C)NS(=O)(=O)c1ccc([O-])c(N=Nc2c([O-])ccc3ccccc23)c1.O=S(=O)(Nc1ccccc1)c1ccc([O-])c(N=Nc2c([O-])ccc3ccccc23)c1.[Co+3].[Na+]. The van der Waals surface area contributed by atoms with E-state index >= 15 is 0 Å². The van der Waals surface area contributed by atoms with E-state index in [0.29, 0.717) is 16.5 Å². The molecule has 0 radical (unpaired) electrons. The summed E-state index contributed by atoms with van der Waals surface area (Å²) in [6.45, 7) is 3.38. The average molecular weight is 883 g/mol. The second-order valence-electron chi connectivity index (χ2n) is 12.7. The Kier molecular flexibility index (Phi) is 15.7. The second kappa shape index (κ2) is 20.1. The number of benzene rings is 7. The molecule has 7 aromatic rings. The van der Waals surface area contributed by atoms with E-state index in [-0.39, 0.29) is 96.4 Å². The Bertz CT molecular complexity index is 2880. The molecule has 59 heavy (non-hydrogen) atoms. The molecule has 0 bridgehead atoms. The molecule has 7 rings (SSSR count). The Hall–Kier alpha value is -5.37. The Morgan fingerprint density at radius 2 is 0.898 bits per heavy atom. The number of anilines is 1. The normalized spacial score (nSPS) is 11.6. The van der Waals surface area contributed by atoms with E-state index in [1.807, 2.05) is 24.3 Å². The zero-order valence-electron chi connectivity index (χ0n) is 31.6. The topological polar surface area (TPSA) is 234 Å². The first-order valence-electron chi connectivity index (χ1n) is 17.2. The predicted octanol–water partition coefficient (Wildman–Crippen LogP) is 4.29. The van der Waals surface area contributed by atoms with Gasteiger partial charge >= 0.3 is 46.3 Å². The summed E-state index contributed by atoms with van der Waals surface area (Å²) in [7, 11) is -7.71. The second-order valence-corrected chi connectivity index (χ2v) is 16.1. The molecule has 0 atom stereocenters. The fraction of sp³-hybridized carbons (Fsp3) is 0.0732. The Morgan fingerprint density at radius 3 is 1.36 bits per heavy atom. The van der Waals surface area contributed by atoms with Crippen molar-refractivity contribution in [2.24, 2.45) is 20.5 Å². The van der Waals surface area contributed by atoms with Crippen LogP contribution in [0.25, 0.3) is 21.5 Å². The first kappa shape index (κ1) is 46.3. The van der Waals surface area contributed by atoms with Gasteiger partial charge in [0.15, 0.2) is 0 Å². The van der Waals surface area contributed by atoms with E-state index in [2.05, 4.69) is 29.9 Å². The molecule has 0 spiro atoms. The van der Waals surface area contributed by atoms with Gasteiger partial charge in [0.2, 0.25) is 10.0 Å².